The Bertz CT molecular complexity index is 961. The number of hydrogen-bond donors (Lipinski definition) is 0. The fourth-order valence-corrected chi connectivity index (χ4v) is 5.76. The van der Waals surface area contributed by atoms with E-state index in [0.717, 1.165) is 28.0 Å². The molecule has 1 saturated heterocycles. The SMILES string of the molecule is Cc1ccc(F)cc1N1C(=O)CSC1c1cc(C)c(O[Si](C)(C)C(C)(C)C)c(C)c1. The van der Waals surface area contributed by atoms with Gasteiger partial charge in [0.05, 0.1) is 11.4 Å². The number of aryl methyl sites for hydroxylation is 3. The third-order valence-corrected chi connectivity index (χ3v) is 11.8. The predicted molar refractivity (Wildman–Crippen MR) is 128 cm³/mol. The second-order valence-corrected chi connectivity index (χ2v) is 15.5. The van der Waals surface area contributed by atoms with Gasteiger partial charge in [0.15, 0.2) is 0 Å². The van der Waals surface area contributed by atoms with E-state index in [2.05, 4.69) is 59.8 Å². The standard InChI is InChI=1S/C24H32FNO2SSi/c1-15-9-10-19(25)13-20(15)26-21(27)14-29-23(26)18-11-16(2)22(17(3)12-18)28-30(7,8)24(4,5)6/h9-13,23H,14H2,1-8H3. The van der Waals surface area contributed by atoms with Gasteiger partial charge >= 0.3 is 0 Å². The van der Waals surface area contributed by atoms with Crippen LogP contribution in [0.5, 0.6) is 5.75 Å². The molecule has 3 nitrogen and oxygen atoms in total. The molecule has 2 aromatic rings. The Morgan fingerprint density at radius 1 is 1.07 bits per heavy atom. The molecule has 0 saturated carbocycles. The first-order chi connectivity index (χ1) is 13.8. The lowest BCUT2D eigenvalue weighted by Gasteiger charge is -2.37. The van der Waals surface area contributed by atoms with E-state index < -0.39 is 8.32 Å². The largest absolute Gasteiger partial charge is 0.543 e. The average Bonchev–Trinajstić information content (AvgIpc) is 3.00. The Morgan fingerprint density at radius 3 is 2.23 bits per heavy atom. The maximum absolute atomic E-state index is 13.9. The summed E-state index contributed by atoms with van der Waals surface area (Å²) in [6.45, 7) is 17.2. The van der Waals surface area contributed by atoms with Gasteiger partial charge in [-0.05, 0) is 85.4 Å². The van der Waals surface area contributed by atoms with Crippen LogP contribution in [0.3, 0.4) is 0 Å². The number of rotatable bonds is 4. The molecular formula is C24H32FNO2SSi. The van der Waals surface area contributed by atoms with Gasteiger partial charge in [0.25, 0.3) is 8.32 Å². The average molecular weight is 446 g/mol. The van der Waals surface area contributed by atoms with Gasteiger partial charge in [-0.15, -0.1) is 11.8 Å². The van der Waals surface area contributed by atoms with Crippen LogP contribution in [-0.4, -0.2) is 20.0 Å². The summed E-state index contributed by atoms with van der Waals surface area (Å²) in [7, 11) is -1.96. The van der Waals surface area contributed by atoms with Crippen LogP contribution in [0.15, 0.2) is 30.3 Å². The molecular weight excluding hydrogens is 413 g/mol. The predicted octanol–water partition coefficient (Wildman–Crippen LogP) is 6.91. The molecule has 1 aliphatic heterocycles. The molecule has 0 radical (unpaired) electrons. The first-order valence-electron chi connectivity index (χ1n) is 10.3. The number of hydrogen-bond acceptors (Lipinski definition) is 3. The maximum atomic E-state index is 13.9. The van der Waals surface area contributed by atoms with Crippen LogP contribution >= 0.6 is 11.8 Å². The van der Waals surface area contributed by atoms with Crippen molar-refractivity contribution < 1.29 is 13.6 Å². The Morgan fingerprint density at radius 2 is 1.67 bits per heavy atom. The van der Waals surface area contributed by atoms with E-state index in [-0.39, 0.29) is 22.1 Å². The summed E-state index contributed by atoms with van der Waals surface area (Å²) >= 11 is 1.58. The summed E-state index contributed by atoms with van der Waals surface area (Å²) < 4.78 is 20.5. The molecule has 0 aliphatic carbocycles. The zero-order valence-electron chi connectivity index (χ0n) is 19.2. The van der Waals surface area contributed by atoms with Crippen molar-refractivity contribution in [1.82, 2.24) is 0 Å². The molecule has 30 heavy (non-hydrogen) atoms. The van der Waals surface area contributed by atoms with Crippen LogP contribution in [0.1, 0.15) is 48.4 Å². The quantitative estimate of drug-likeness (QED) is 0.479. The van der Waals surface area contributed by atoms with Crippen molar-refractivity contribution >= 4 is 31.7 Å². The van der Waals surface area contributed by atoms with Crippen molar-refractivity contribution in [2.45, 2.75) is 65.0 Å². The molecule has 0 N–H and O–H groups in total. The number of anilines is 1. The first-order valence-corrected chi connectivity index (χ1v) is 14.3. The number of carbonyl (C=O) groups excluding carboxylic acids is 1. The number of amides is 1. The number of thioether (sulfide) groups is 1. The van der Waals surface area contributed by atoms with E-state index in [1.54, 1.807) is 22.7 Å². The summed E-state index contributed by atoms with van der Waals surface area (Å²) in [5.74, 6) is 1.02. The second kappa shape index (κ2) is 8.04. The van der Waals surface area contributed by atoms with Crippen molar-refractivity contribution in [2.24, 2.45) is 0 Å². The van der Waals surface area contributed by atoms with Crippen molar-refractivity contribution in [2.75, 3.05) is 10.7 Å². The molecule has 1 fully saturated rings. The van der Waals surface area contributed by atoms with Gasteiger partial charge in [0, 0.05) is 0 Å². The molecule has 0 bridgehead atoms. The van der Waals surface area contributed by atoms with Gasteiger partial charge in [0.1, 0.15) is 16.9 Å². The molecule has 2 aromatic carbocycles. The molecule has 1 aliphatic rings. The highest BCUT2D eigenvalue weighted by molar-refractivity contribution is 8.00. The molecule has 3 rings (SSSR count). The highest BCUT2D eigenvalue weighted by Crippen LogP contribution is 2.45. The summed E-state index contributed by atoms with van der Waals surface area (Å²) in [5.41, 5.74) is 4.74. The zero-order chi connectivity index (χ0) is 22.4. The molecule has 6 heteroatoms. The molecule has 1 atom stereocenters. The first kappa shape index (κ1) is 22.9. The van der Waals surface area contributed by atoms with Gasteiger partial charge < -0.3 is 4.43 Å². The van der Waals surface area contributed by atoms with E-state index >= 15 is 0 Å². The summed E-state index contributed by atoms with van der Waals surface area (Å²) in [4.78, 5) is 14.5. The van der Waals surface area contributed by atoms with Crippen molar-refractivity contribution in [3.63, 3.8) is 0 Å². The maximum Gasteiger partial charge on any atom is 0.250 e. The molecule has 162 valence electrons. The number of nitrogens with zero attached hydrogens (tertiary/aromatic N) is 1. The number of benzene rings is 2. The van der Waals surface area contributed by atoms with Crippen LogP contribution < -0.4 is 9.33 Å². The van der Waals surface area contributed by atoms with Gasteiger partial charge in [-0.25, -0.2) is 4.39 Å². The molecule has 1 amide bonds. The fraction of sp³-hybridized carbons (Fsp3) is 0.458. The van der Waals surface area contributed by atoms with Crippen molar-refractivity contribution in [3.05, 3.63) is 58.4 Å². The van der Waals surface area contributed by atoms with Crippen LogP contribution in [0.4, 0.5) is 10.1 Å². The Balaban J connectivity index is 2.00. The van der Waals surface area contributed by atoms with Crippen LogP contribution in [-0.2, 0) is 4.79 Å². The topological polar surface area (TPSA) is 29.5 Å². The summed E-state index contributed by atoms with van der Waals surface area (Å²) in [5, 5.41) is -0.0541. The minimum atomic E-state index is -1.96. The second-order valence-electron chi connectivity index (χ2n) is 9.70. The van der Waals surface area contributed by atoms with Gasteiger partial charge in [-0.1, -0.05) is 26.8 Å². The third kappa shape index (κ3) is 4.30. The Kier molecular flexibility index (Phi) is 6.13. The van der Waals surface area contributed by atoms with Crippen molar-refractivity contribution in [1.29, 1.82) is 0 Å². The van der Waals surface area contributed by atoms with Crippen LogP contribution in [0.25, 0.3) is 0 Å². The lowest BCUT2D eigenvalue weighted by molar-refractivity contribution is -0.115. The summed E-state index contributed by atoms with van der Waals surface area (Å²) in [6, 6.07) is 8.86. The lowest BCUT2D eigenvalue weighted by Crippen LogP contribution is -2.44. The minimum absolute atomic E-state index is 0.00982. The normalized spacial score (nSPS) is 17.6. The third-order valence-electron chi connectivity index (χ3n) is 6.23. The van der Waals surface area contributed by atoms with Crippen LogP contribution in [0, 0.1) is 26.6 Å². The minimum Gasteiger partial charge on any atom is -0.543 e. The monoisotopic (exact) mass is 445 g/mol. The van der Waals surface area contributed by atoms with E-state index in [0.29, 0.717) is 11.4 Å². The lowest BCUT2D eigenvalue weighted by atomic mass is 10.0. The molecule has 0 spiro atoms. The van der Waals surface area contributed by atoms with E-state index in [4.69, 9.17) is 4.43 Å². The van der Waals surface area contributed by atoms with Crippen molar-refractivity contribution in [3.8, 4) is 5.75 Å². The smallest absolute Gasteiger partial charge is 0.250 e. The molecule has 1 heterocycles. The van der Waals surface area contributed by atoms with Gasteiger partial charge in [-0.3, -0.25) is 9.69 Å². The van der Waals surface area contributed by atoms with Gasteiger partial charge in [-0.2, -0.15) is 0 Å². The highest BCUT2D eigenvalue weighted by atomic mass is 32.2. The van der Waals surface area contributed by atoms with E-state index in [9.17, 15) is 9.18 Å². The van der Waals surface area contributed by atoms with Crippen LogP contribution in [0.2, 0.25) is 18.1 Å². The molecule has 1 unspecified atom stereocenters. The number of halogens is 1. The number of carbonyl (C=O) groups is 1. The van der Waals surface area contributed by atoms with E-state index in [1.165, 1.54) is 12.1 Å². The highest BCUT2D eigenvalue weighted by Gasteiger charge is 2.40. The Hall–Kier alpha value is -1.79. The Labute approximate surface area is 185 Å². The van der Waals surface area contributed by atoms with E-state index in [1.807, 2.05) is 6.92 Å². The van der Waals surface area contributed by atoms with Gasteiger partial charge in [0.2, 0.25) is 5.91 Å². The molecule has 0 aromatic heterocycles. The fourth-order valence-electron chi connectivity index (χ4n) is 3.47. The summed E-state index contributed by atoms with van der Waals surface area (Å²) in [6.07, 6.45) is 0. The zero-order valence-corrected chi connectivity index (χ0v) is 21.0.